The first-order chi connectivity index (χ1) is 13.8. The van der Waals surface area contributed by atoms with Gasteiger partial charge < -0.3 is 4.74 Å². The van der Waals surface area contributed by atoms with Crippen molar-refractivity contribution in [2.24, 2.45) is 0 Å². The Labute approximate surface area is 168 Å². The van der Waals surface area contributed by atoms with E-state index in [1.54, 1.807) is 11.3 Å². The van der Waals surface area contributed by atoms with E-state index in [1.807, 2.05) is 91.2 Å². The Morgan fingerprint density at radius 2 is 1.61 bits per heavy atom. The third-order valence-corrected chi connectivity index (χ3v) is 5.28. The molecule has 0 unspecified atom stereocenters. The SMILES string of the molecule is CCOC(=O)c1c(-c2ccccc2)cc(-c2ccccc2)nc1-c1cccs1. The highest BCUT2D eigenvalue weighted by Crippen LogP contribution is 2.37. The molecular formula is C24H19NO2S. The van der Waals surface area contributed by atoms with Crippen LogP contribution in [0.1, 0.15) is 17.3 Å². The van der Waals surface area contributed by atoms with Crippen LogP contribution in [0.4, 0.5) is 0 Å². The molecule has 0 radical (unpaired) electrons. The fraction of sp³-hybridized carbons (Fsp3) is 0.0833. The van der Waals surface area contributed by atoms with Gasteiger partial charge in [-0.15, -0.1) is 11.3 Å². The zero-order chi connectivity index (χ0) is 19.3. The van der Waals surface area contributed by atoms with Crippen LogP contribution in [0.5, 0.6) is 0 Å². The largest absolute Gasteiger partial charge is 0.462 e. The summed E-state index contributed by atoms with van der Waals surface area (Å²) >= 11 is 1.56. The van der Waals surface area contributed by atoms with Gasteiger partial charge in [0.2, 0.25) is 0 Å². The number of aromatic nitrogens is 1. The molecule has 0 saturated heterocycles. The summed E-state index contributed by atoms with van der Waals surface area (Å²) < 4.78 is 5.40. The van der Waals surface area contributed by atoms with Gasteiger partial charge >= 0.3 is 5.97 Å². The number of esters is 1. The van der Waals surface area contributed by atoms with Crippen molar-refractivity contribution in [3.63, 3.8) is 0 Å². The van der Waals surface area contributed by atoms with Gasteiger partial charge in [-0.2, -0.15) is 0 Å². The maximum Gasteiger partial charge on any atom is 0.341 e. The molecule has 0 saturated carbocycles. The third-order valence-electron chi connectivity index (χ3n) is 4.41. The molecule has 4 aromatic rings. The second-order valence-corrected chi connectivity index (χ2v) is 7.16. The first-order valence-corrected chi connectivity index (χ1v) is 10.0. The molecule has 0 aliphatic carbocycles. The van der Waals surface area contributed by atoms with Gasteiger partial charge in [0, 0.05) is 11.1 Å². The van der Waals surface area contributed by atoms with Gasteiger partial charge in [-0.1, -0.05) is 66.7 Å². The lowest BCUT2D eigenvalue weighted by molar-refractivity contribution is 0.0528. The molecule has 3 nitrogen and oxygen atoms in total. The zero-order valence-corrected chi connectivity index (χ0v) is 16.3. The van der Waals surface area contributed by atoms with Crippen LogP contribution in [0.3, 0.4) is 0 Å². The molecule has 138 valence electrons. The average Bonchev–Trinajstić information content (AvgIpc) is 3.29. The lowest BCUT2D eigenvalue weighted by Crippen LogP contribution is -2.10. The number of thiophene rings is 1. The van der Waals surface area contributed by atoms with Gasteiger partial charge in [-0.25, -0.2) is 9.78 Å². The van der Waals surface area contributed by atoms with Gasteiger partial charge in [0.15, 0.2) is 0 Å². The van der Waals surface area contributed by atoms with Gasteiger partial charge in [0.25, 0.3) is 0 Å². The molecule has 0 fully saturated rings. The van der Waals surface area contributed by atoms with Crippen molar-refractivity contribution >= 4 is 17.3 Å². The van der Waals surface area contributed by atoms with E-state index in [0.29, 0.717) is 17.9 Å². The molecule has 0 spiro atoms. The van der Waals surface area contributed by atoms with Crippen molar-refractivity contribution in [1.82, 2.24) is 4.98 Å². The molecule has 0 amide bonds. The molecule has 0 aliphatic rings. The molecule has 2 aromatic heterocycles. The average molecular weight is 385 g/mol. The van der Waals surface area contributed by atoms with Crippen molar-refractivity contribution in [3.8, 4) is 33.0 Å². The van der Waals surface area contributed by atoms with Crippen LogP contribution in [0.25, 0.3) is 33.0 Å². The number of rotatable bonds is 5. The molecule has 0 atom stereocenters. The summed E-state index contributed by atoms with van der Waals surface area (Å²) in [5.41, 5.74) is 4.80. The fourth-order valence-corrected chi connectivity index (χ4v) is 3.87. The zero-order valence-electron chi connectivity index (χ0n) is 15.5. The van der Waals surface area contributed by atoms with Crippen molar-refractivity contribution in [2.45, 2.75) is 6.92 Å². The van der Waals surface area contributed by atoms with Crippen LogP contribution < -0.4 is 0 Å². The Morgan fingerprint density at radius 1 is 0.929 bits per heavy atom. The van der Waals surface area contributed by atoms with Crippen LogP contribution in [0, 0.1) is 0 Å². The Kier molecular flexibility index (Phi) is 5.31. The van der Waals surface area contributed by atoms with E-state index < -0.39 is 0 Å². The van der Waals surface area contributed by atoms with Crippen LogP contribution in [0.15, 0.2) is 84.2 Å². The Morgan fingerprint density at radius 3 is 2.21 bits per heavy atom. The van der Waals surface area contributed by atoms with Crippen LogP contribution >= 0.6 is 11.3 Å². The highest BCUT2D eigenvalue weighted by atomic mass is 32.1. The predicted octanol–water partition coefficient (Wildman–Crippen LogP) is 6.32. The normalized spacial score (nSPS) is 10.6. The summed E-state index contributed by atoms with van der Waals surface area (Å²) in [7, 11) is 0. The lowest BCUT2D eigenvalue weighted by Gasteiger charge is -2.15. The van der Waals surface area contributed by atoms with Gasteiger partial charge in [-0.05, 0) is 30.0 Å². The molecule has 28 heavy (non-hydrogen) atoms. The summed E-state index contributed by atoms with van der Waals surface area (Å²) in [5.74, 6) is -0.350. The third kappa shape index (κ3) is 3.59. The molecule has 0 aliphatic heterocycles. The first kappa shape index (κ1) is 18.1. The van der Waals surface area contributed by atoms with Crippen molar-refractivity contribution in [3.05, 3.63) is 89.8 Å². The number of hydrogen-bond donors (Lipinski definition) is 0. The van der Waals surface area contributed by atoms with Crippen molar-refractivity contribution in [2.75, 3.05) is 6.61 Å². The molecule has 2 aromatic carbocycles. The summed E-state index contributed by atoms with van der Waals surface area (Å²) in [6, 6.07) is 25.9. The number of benzene rings is 2. The minimum Gasteiger partial charge on any atom is -0.462 e. The van der Waals surface area contributed by atoms with Gasteiger partial charge in [-0.3, -0.25) is 0 Å². The molecule has 0 bridgehead atoms. The fourth-order valence-electron chi connectivity index (χ4n) is 3.15. The quantitative estimate of drug-likeness (QED) is 0.377. The Hall–Kier alpha value is -3.24. The van der Waals surface area contributed by atoms with E-state index in [2.05, 4.69) is 0 Å². The molecule has 4 rings (SSSR count). The summed E-state index contributed by atoms with van der Waals surface area (Å²) in [4.78, 5) is 18.8. The van der Waals surface area contributed by atoms with E-state index >= 15 is 0 Å². The van der Waals surface area contributed by atoms with Crippen LogP contribution in [0.2, 0.25) is 0 Å². The number of carbonyl (C=O) groups is 1. The monoisotopic (exact) mass is 385 g/mol. The first-order valence-electron chi connectivity index (χ1n) is 9.15. The Bertz CT molecular complexity index is 1070. The minimum atomic E-state index is -0.350. The number of carbonyl (C=O) groups excluding carboxylic acids is 1. The molecule has 0 N–H and O–H groups in total. The second kappa shape index (κ2) is 8.19. The van der Waals surface area contributed by atoms with Gasteiger partial charge in [0.05, 0.1) is 28.4 Å². The molecule has 2 heterocycles. The predicted molar refractivity (Wildman–Crippen MR) is 114 cm³/mol. The van der Waals surface area contributed by atoms with Crippen LogP contribution in [-0.2, 0) is 4.74 Å². The van der Waals surface area contributed by atoms with E-state index in [9.17, 15) is 4.79 Å². The van der Waals surface area contributed by atoms with E-state index in [4.69, 9.17) is 9.72 Å². The topological polar surface area (TPSA) is 39.2 Å². The Balaban J connectivity index is 2.03. The van der Waals surface area contributed by atoms with Crippen molar-refractivity contribution < 1.29 is 9.53 Å². The maximum atomic E-state index is 12.9. The van der Waals surface area contributed by atoms with Gasteiger partial charge in [0.1, 0.15) is 0 Å². The number of nitrogens with zero attached hydrogens (tertiary/aromatic N) is 1. The van der Waals surface area contributed by atoms with E-state index in [-0.39, 0.29) is 5.97 Å². The summed E-state index contributed by atoms with van der Waals surface area (Å²) in [6.07, 6.45) is 0. The van der Waals surface area contributed by atoms with E-state index in [1.165, 1.54) is 0 Å². The maximum absolute atomic E-state index is 12.9. The molecular weight excluding hydrogens is 366 g/mol. The minimum absolute atomic E-state index is 0.317. The van der Waals surface area contributed by atoms with Crippen LogP contribution in [-0.4, -0.2) is 17.6 Å². The second-order valence-electron chi connectivity index (χ2n) is 6.21. The number of pyridine rings is 1. The van der Waals surface area contributed by atoms with E-state index in [0.717, 1.165) is 27.3 Å². The number of ether oxygens (including phenoxy) is 1. The lowest BCUT2D eigenvalue weighted by atomic mass is 9.95. The smallest absolute Gasteiger partial charge is 0.341 e. The van der Waals surface area contributed by atoms with Crippen molar-refractivity contribution in [1.29, 1.82) is 0 Å². The number of hydrogen-bond acceptors (Lipinski definition) is 4. The highest BCUT2D eigenvalue weighted by molar-refractivity contribution is 7.13. The summed E-state index contributed by atoms with van der Waals surface area (Å²) in [6.45, 7) is 2.13. The summed E-state index contributed by atoms with van der Waals surface area (Å²) in [5, 5.41) is 1.99. The standard InChI is InChI=1S/C24H19NO2S/c1-2-27-24(26)22-19(17-10-5-3-6-11-17)16-20(18-12-7-4-8-13-18)25-23(22)21-14-9-15-28-21/h3-16H,2H2,1H3. The highest BCUT2D eigenvalue weighted by Gasteiger charge is 2.23. The molecule has 4 heteroatoms.